The summed E-state index contributed by atoms with van der Waals surface area (Å²) in [5, 5.41) is 0. The van der Waals surface area contributed by atoms with Crippen LogP contribution in [0.2, 0.25) is 0 Å². The first-order valence-corrected chi connectivity index (χ1v) is 6.35. The molecule has 0 saturated carbocycles. The quantitative estimate of drug-likeness (QED) is 0.846. The largest absolute Gasteiger partial charge is 0.378 e. The summed E-state index contributed by atoms with van der Waals surface area (Å²) >= 11 is 3.45. The SMILES string of the molecule is Brc1ccn2cc(CC3CCCO3)nc2c1. The molecule has 3 nitrogen and oxygen atoms in total. The molecule has 84 valence electrons. The lowest BCUT2D eigenvalue weighted by molar-refractivity contribution is 0.111. The minimum Gasteiger partial charge on any atom is -0.378 e. The first-order valence-electron chi connectivity index (χ1n) is 5.56. The Morgan fingerprint density at radius 3 is 3.31 bits per heavy atom. The molecule has 2 aromatic rings. The number of rotatable bonds is 2. The van der Waals surface area contributed by atoms with Gasteiger partial charge in [-0.25, -0.2) is 4.98 Å². The topological polar surface area (TPSA) is 26.5 Å². The zero-order chi connectivity index (χ0) is 11.0. The van der Waals surface area contributed by atoms with E-state index < -0.39 is 0 Å². The summed E-state index contributed by atoms with van der Waals surface area (Å²) < 4.78 is 8.73. The van der Waals surface area contributed by atoms with Gasteiger partial charge in [-0.15, -0.1) is 0 Å². The molecule has 1 fully saturated rings. The molecule has 0 bridgehead atoms. The van der Waals surface area contributed by atoms with Crippen LogP contribution in [0.5, 0.6) is 0 Å². The number of ether oxygens (including phenoxy) is 1. The molecule has 0 aliphatic carbocycles. The zero-order valence-electron chi connectivity index (χ0n) is 8.90. The number of aromatic nitrogens is 2. The van der Waals surface area contributed by atoms with Crippen LogP contribution in [0.15, 0.2) is 29.0 Å². The second-order valence-electron chi connectivity index (χ2n) is 4.18. The molecule has 2 aromatic heterocycles. The normalized spacial score (nSPS) is 20.7. The van der Waals surface area contributed by atoms with E-state index in [4.69, 9.17) is 4.74 Å². The number of pyridine rings is 1. The number of imidazole rings is 1. The average Bonchev–Trinajstić information content (AvgIpc) is 2.86. The van der Waals surface area contributed by atoms with Crippen LogP contribution in [0.25, 0.3) is 5.65 Å². The van der Waals surface area contributed by atoms with Gasteiger partial charge in [-0.2, -0.15) is 0 Å². The molecule has 1 unspecified atom stereocenters. The number of nitrogens with zero attached hydrogens (tertiary/aromatic N) is 2. The lowest BCUT2D eigenvalue weighted by atomic mass is 10.1. The van der Waals surface area contributed by atoms with Gasteiger partial charge in [-0.3, -0.25) is 0 Å². The van der Waals surface area contributed by atoms with Gasteiger partial charge in [0.05, 0.1) is 11.8 Å². The summed E-state index contributed by atoms with van der Waals surface area (Å²) in [4.78, 5) is 4.59. The van der Waals surface area contributed by atoms with Crippen LogP contribution in [-0.2, 0) is 11.2 Å². The zero-order valence-corrected chi connectivity index (χ0v) is 10.5. The van der Waals surface area contributed by atoms with Crippen LogP contribution in [0.4, 0.5) is 0 Å². The van der Waals surface area contributed by atoms with Gasteiger partial charge in [-0.05, 0) is 25.0 Å². The monoisotopic (exact) mass is 280 g/mol. The van der Waals surface area contributed by atoms with E-state index in [1.165, 1.54) is 6.42 Å². The van der Waals surface area contributed by atoms with Crippen molar-refractivity contribution in [2.24, 2.45) is 0 Å². The van der Waals surface area contributed by atoms with Crippen molar-refractivity contribution in [2.75, 3.05) is 6.61 Å². The Balaban J connectivity index is 1.86. The van der Waals surface area contributed by atoms with Crippen molar-refractivity contribution in [1.29, 1.82) is 0 Å². The van der Waals surface area contributed by atoms with Crippen LogP contribution >= 0.6 is 15.9 Å². The lowest BCUT2D eigenvalue weighted by Gasteiger charge is -2.05. The van der Waals surface area contributed by atoms with E-state index in [1.54, 1.807) is 0 Å². The molecule has 0 amide bonds. The number of hydrogen-bond acceptors (Lipinski definition) is 2. The lowest BCUT2D eigenvalue weighted by Crippen LogP contribution is -2.08. The van der Waals surface area contributed by atoms with E-state index in [0.29, 0.717) is 6.10 Å². The van der Waals surface area contributed by atoms with Gasteiger partial charge in [0.25, 0.3) is 0 Å². The predicted molar refractivity (Wildman–Crippen MR) is 65.6 cm³/mol. The van der Waals surface area contributed by atoms with Gasteiger partial charge < -0.3 is 9.14 Å². The van der Waals surface area contributed by atoms with Crippen molar-refractivity contribution in [3.63, 3.8) is 0 Å². The minimum atomic E-state index is 0.369. The highest BCUT2D eigenvalue weighted by atomic mass is 79.9. The second kappa shape index (κ2) is 4.18. The third-order valence-electron chi connectivity index (χ3n) is 2.93. The smallest absolute Gasteiger partial charge is 0.138 e. The summed E-state index contributed by atoms with van der Waals surface area (Å²) in [6.07, 6.45) is 7.75. The van der Waals surface area contributed by atoms with E-state index in [2.05, 4.69) is 31.5 Å². The highest BCUT2D eigenvalue weighted by Crippen LogP contribution is 2.18. The molecule has 1 saturated heterocycles. The second-order valence-corrected chi connectivity index (χ2v) is 5.10. The Hall–Kier alpha value is -0.870. The maximum atomic E-state index is 5.62. The summed E-state index contributed by atoms with van der Waals surface area (Å²) in [6, 6.07) is 4.05. The molecular formula is C12H13BrN2O. The minimum absolute atomic E-state index is 0.369. The molecule has 4 heteroatoms. The van der Waals surface area contributed by atoms with E-state index in [9.17, 15) is 0 Å². The van der Waals surface area contributed by atoms with Crippen LogP contribution in [-0.4, -0.2) is 22.1 Å². The van der Waals surface area contributed by atoms with Crippen molar-refractivity contribution in [1.82, 2.24) is 9.38 Å². The Labute approximate surface area is 103 Å². The van der Waals surface area contributed by atoms with Crippen molar-refractivity contribution in [3.05, 3.63) is 34.7 Å². The van der Waals surface area contributed by atoms with Crippen molar-refractivity contribution in [3.8, 4) is 0 Å². The van der Waals surface area contributed by atoms with Crippen molar-refractivity contribution < 1.29 is 4.74 Å². The van der Waals surface area contributed by atoms with Crippen molar-refractivity contribution >= 4 is 21.6 Å². The number of fused-ring (bicyclic) bond motifs is 1. The summed E-state index contributed by atoms with van der Waals surface area (Å²) in [6.45, 7) is 0.906. The van der Waals surface area contributed by atoms with Crippen LogP contribution in [0.1, 0.15) is 18.5 Å². The Morgan fingerprint density at radius 1 is 1.56 bits per heavy atom. The Morgan fingerprint density at radius 2 is 2.50 bits per heavy atom. The maximum Gasteiger partial charge on any atom is 0.138 e. The van der Waals surface area contributed by atoms with Gasteiger partial charge in [0.1, 0.15) is 5.65 Å². The first-order chi connectivity index (χ1) is 7.81. The molecule has 1 aliphatic heterocycles. The van der Waals surface area contributed by atoms with Gasteiger partial charge in [0.2, 0.25) is 0 Å². The summed E-state index contributed by atoms with van der Waals surface area (Å²) in [7, 11) is 0. The summed E-state index contributed by atoms with van der Waals surface area (Å²) in [5.41, 5.74) is 2.10. The molecule has 3 heterocycles. The van der Waals surface area contributed by atoms with Gasteiger partial charge in [-0.1, -0.05) is 15.9 Å². The highest BCUT2D eigenvalue weighted by Gasteiger charge is 2.17. The first kappa shape index (κ1) is 10.3. The fourth-order valence-electron chi connectivity index (χ4n) is 2.15. The third kappa shape index (κ3) is 1.99. The molecule has 0 N–H and O–H groups in total. The third-order valence-corrected chi connectivity index (χ3v) is 3.43. The number of hydrogen-bond donors (Lipinski definition) is 0. The fraction of sp³-hybridized carbons (Fsp3) is 0.417. The molecule has 1 aliphatic rings. The molecule has 1 atom stereocenters. The molecule has 16 heavy (non-hydrogen) atoms. The van der Waals surface area contributed by atoms with E-state index >= 15 is 0 Å². The predicted octanol–water partition coefficient (Wildman–Crippen LogP) is 2.82. The van der Waals surface area contributed by atoms with Gasteiger partial charge in [0, 0.05) is 29.9 Å². The molecule has 0 spiro atoms. The van der Waals surface area contributed by atoms with Crippen LogP contribution in [0, 0.1) is 0 Å². The Bertz CT molecular complexity index is 503. The molecule has 3 rings (SSSR count). The number of halogens is 1. The fourth-order valence-corrected chi connectivity index (χ4v) is 2.47. The van der Waals surface area contributed by atoms with Gasteiger partial charge in [0.15, 0.2) is 0 Å². The van der Waals surface area contributed by atoms with E-state index in [1.807, 2.05) is 18.3 Å². The summed E-state index contributed by atoms with van der Waals surface area (Å²) in [5.74, 6) is 0. The average molecular weight is 281 g/mol. The van der Waals surface area contributed by atoms with Gasteiger partial charge >= 0.3 is 0 Å². The maximum absolute atomic E-state index is 5.62. The van der Waals surface area contributed by atoms with Crippen LogP contribution < -0.4 is 0 Å². The Kier molecular flexibility index (Phi) is 2.69. The standard InChI is InChI=1S/C12H13BrN2O/c13-9-3-4-15-8-10(14-12(15)6-9)7-11-2-1-5-16-11/h3-4,6,8,11H,1-2,5,7H2. The van der Waals surface area contributed by atoms with Crippen molar-refractivity contribution in [2.45, 2.75) is 25.4 Å². The highest BCUT2D eigenvalue weighted by molar-refractivity contribution is 9.10. The van der Waals surface area contributed by atoms with E-state index in [0.717, 1.165) is 35.3 Å². The molecular weight excluding hydrogens is 268 g/mol. The molecule has 0 aromatic carbocycles. The van der Waals surface area contributed by atoms with Crippen LogP contribution in [0.3, 0.4) is 0 Å². The van der Waals surface area contributed by atoms with E-state index in [-0.39, 0.29) is 0 Å². The molecule has 0 radical (unpaired) electrons.